The molecule has 0 amide bonds. The first kappa shape index (κ1) is 14.2. The van der Waals surface area contributed by atoms with Gasteiger partial charge in [-0.05, 0) is 55.0 Å². The summed E-state index contributed by atoms with van der Waals surface area (Å²) in [5.74, 6) is 0.799. The van der Waals surface area contributed by atoms with Gasteiger partial charge in [0, 0.05) is 4.88 Å². The molecule has 1 aliphatic carbocycles. The fourth-order valence-electron chi connectivity index (χ4n) is 3.02. The van der Waals surface area contributed by atoms with Crippen LogP contribution in [0.3, 0.4) is 0 Å². The Morgan fingerprint density at radius 2 is 1.91 bits per heavy atom. The topological polar surface area (TPSA) is 66.0 Å². The zero-order chi connectivity index (χ0) is 15.8. The highest BCUT2D eigenvalue weighted by molar-refractivity contribution is 7.18. The molecule has 0 fully saturated rings. The van der Waals surface area contributed by atoms with Crippen molar-refractivity contribution in [1.29, 1.82) is 0 Å². The Kier molecular flexibility index (Phi) is 3.50. The van der Waals surface area contributed by atoms with E-state index in [1.54, 1.807) is 29.5 Å². The third-order valence-corrected chi connectivity index (χ3v) is 5.36. The van der Waals surface area contributed by atoms with E-state index in [0.29, 0.717) is 5.82 Å². The van der Waals surface area contributed by atoms with Crippen LogP contribution in [0.5, 0.6) is 5.75 Å². The molecule has 116 valence electrons. The Labute approximate surface area is 137 Å². The Hall–Kier alpha value is -2.40. The van der Waals surface area contributed by atoms with Gasteiger partial charge in [-0.1, -0.05) is 18.2 Å². The van der Waals surface area contributed by atoms with Crippen LogP contribution in [0.25, 0.3) is 22.4 Å². The second-order valence-corrected chi connectivity index (χ2v) is 6.85. The van der Waals surface area contributed by atoms with Crippen LogP contribution in [0.15, 0.2) is 29.1 Å². The van der Waals surface area contributed by atoms with E-state index in [4.69, 9.17) is 0 Å². The molecule has 0 saturated heterocycles. The van der Waals surface area contributed by atoms with Gasteiger partial charge < -0.3 is 10.1 Å². The average molecular weight is 324 g/mol. The summed E-state index contributed by atoms with van der Waals surface area (Å²) in [6, 6.07) is 6.89. The number of aromatic amines is 1. The number of thiophene rings is 1. The molecule has 0 unspecified atom stereocenters. The zero-order valence-electron chi connectivity index (χ0n) is 12.5. The molecule has 0 bridgehead atoms. The highest BCUT2D eigenvalue weighted by atomic mass is 32.1. The van der Waals surface area contributed by atoms with Crippen molar-refractivity contribution in [3.63, 3.8) is 0 Å². The van der Waals surface area contributed by atoms with Crippen molar-refractivity contribution in [2.24, 2.45) is 0 Å². The largest absolute Gasteiger partial charge is 0.508 e. The third-order valence-electron chi connectivity index (χ3n) is 4.17. The van der Waals surface area contributed by atoms with Crippen molar-refractivity contribution >= 4 is 33.7 Å². The summed E-state index contributed by atoms with van der Waals surface area (Å²) in [4.78, 5) is 22.1. The van der Waals surface area contributed by atoms with Gasteiger partial charge in [-0.25, -0.2) is 4.98 Å². The minimum atomic E-state index is -0.0419. The number of hydrogen-bond donors (Lipinski definition) is 2. The molecule has 1 aliphatic rings. The van der Waals surface area contributed by atoms with Gasteiger partial charge >= 0.3 is 0 Å². The number of benzene rings is 1. The average Bonchev–Trinajstić information content (AvgIpc) is 2.93. The van der Waals surface area contributed by atoms with Crippen LogP contribution in [-0.4, -0.2) is 15.1 Å². The SMILES string of the molecule is O=c1[nH]c(/C=C/c2ccc(O)cc2)nc2sc3c(c12)CCCC3. The summed E-state index contributed by atoms with van der Waals surface area (Å²) < 4.78 is 0. The molecular formula is C18H16N2O2S. The van der Waals surface area contributed by atoms with E-state index in [9.17, 15) is 9.90 Å². The number of nitrogens with one attached hydrogen (secondary N) is 1. The van der Waals surface area contributed by atoms with Gasteiger partial charge in [0.1, 0.15) is 16.4 Å². The molecule has 2 N–H and O–H groups in total. The molecule has 0 spiro atoms. The predicted molar refractivity (Wildman–Crippen MR) is 93.9 cm³/mol. The lowest BCUT2D eigenvalue weighted by Gasteiger charge is -2.09. The number of aryl methyl sites for hydroxylation is 2. The van der Waals surface area contributed by atoms with E-state index >= 15 is 0 Å². The summed E-state index contributed by atoms with van der Waals surface area (Å²) in [6.07, 6.45) is 8.08. The standard InChI is InChI=1S/C18H16N2O2S/c21-12-8-5-11(6-9-12)7-10-15-19-17(22)16-13-3-1-2-4-14(13)23-18(16)20-15/h5-10,21H,1-4H2,(H,19,20,22)/b10-7+. The molecule has 4 rings (SSSR count). The summed E-state index contributed by atoms with van der Waals surface area (Å²) in [5, 5.41) is 10.1. The van der Waals surface area contributed by atoms with Gasteiger partial charge in [0.05, 0.1) is 5.39 Å². The number of fused-ring (bicyclic) bond motifs is 3. The fraction of sp³-hybridized carbons (Fsp3) is 0.222. The molecule has 4 nitrogen and oxygen atoms in total. The van der Waals surface area contributed by atoms with E-state index < -0.39 is 0 Å². The molecule has 23 heavy (non-hydrogen) atoms. The van der Waals surface area contributed by atoms with Gasteiger partial charge in [-0.3, -0.25) is 4.79 Å². The number of nitrogens with zero attached hydrogens (tertiary/aromatic N) is 1. The number of hydrogen-bond acceptors (Lipinski definition) is 4. The number of H-pyrrole nitrogens is 1. The summed E-state index contributed by atoms with van der Waals surface area (Å²) in [6.45, 7) is 0. The summed E-state index contributed by atoms with van der Waals surface area (Å²) >= 11 is 1.65. The van der Waals surface area contributed by atoms with Crippen LogP contribution in [0.1, 0.15) is 34.7 Å². The molecule has 2 heterocycles. The third kappa shape index (κ3) is 2.68. The lowest BCUT2D eigenvalue weighted by Crippen LogP contribution is -2.11. The maximum absolute atomic E-state index is 12.4. The van der Waals surface area contributed by atoms with Gasteiger partial charge in [0.2, 0.25) is 0 Å². The Morgan fingerprint density at radius 1 is 1.13 bits per heavy atom. The molecule has 0 atom stereocenters. The zero-order valence-corrected chi connectivity index (χ0v) is 13.3. The highest BCUT2D eigenvalue weighted by Crippen LogP contribution is 2.33. The van der Waals surface area contributed by atoms with Crippen LogP contribution >= 0.6 is 11.3 Å². The van der Waals surface area contributed by atoms with Crippen molar-refractivity contribution in [2.75, 3.05) is 0 Å². The van der Waals surface area contributed by atoms with E-state index in [-0.39, 0.29) is 11.3 Å². The monoisotopic (exact) mass is 324 g/mol. The van der Waals surface area contributed by atoms with E-state index in [1.807, 2.05) is 18.2 Å². The van der Waals surface area contributed by atoms with Crippen LogP contribution in [-0.2, 0) is 12.8 Å². The molecule has 0 radical (unpaired) electrons. The van der Waals surface area contributed by atoms with Crippen LogP contribution in [0.4, 0.5) is 0 Å². The lowest BCUT2D eigenvalue weighted by molar-refractivity contribution is 0.475. The number of phenolic OH excluding ortho intramolecular Hbond substituents is 1. The molecule has 2 aromatic heterocycles. The highest BCUT2D eigenvalue weighted by Gasteiger charge is 2.19. The first-order chi connectivity index (χ1) is 11.2. The second-order valence-electron chi connectivity index (χ2n) is 5.77. The van der Waals surface area contributed by atoms with Crippen molar-refractivity contribution in [3.8, 4) is 5.75 Å². The maximum atomic E-state index is 12.4. The molecule has 3 aromatic rings. The Morgan fingerprint density at radius 3 is 2.74 bits per heavy atom. The van der Waals surface area contributed by atoms with Crippen molar-refractivity contribution < 1.29 is 5.11 Å². The number of aromatic hydroxyl groups is 1. The molecular weight excluding hydrogens is 308 g/mol. The van der Waals surface area contributed by atoms with Crippen molar-refractivity contribution in [2.45, 2.75) is 25.7 Å². The van der Waals surface area contributed by atoms with Crippen molar-refractivity contribution in [3.05, 3.63) is 56.4 Å². The minimum absolute atomic E-state index is 0.0419. The van der Waals surface area contributed by atoms with Crippen LogP contribution < -0.4 is 5.56 Å². The first-order valence-electron chi connectivity index (χ1n) is 7.72. The van der Waals surface area contributed by atoms with Gasteiger partial charge in [-0.2, -0.15) is 0 Å². The van der Waals surface area contributed by atoms with Crippen LogP contribution in [0, 0.1) is 0 Å². The molecule has 1 aromatic carbocycles. The number of aromatic nitrogens is 2. The van der Waals surface area contributed by atoms with Gasteiger partial charge in [0.15, 0.2) is 0 Å². The fourth-order valence-corrected chi connectivity index (χ4v) is 4.29. The van der Waals surface area contributed by atoms with E-state index in [1.165, 1.54) is 16.9 Å². The smallest absolute Gasteiger partial charge is 0.260 e. The second kappa shape index (κ2) is 5.66. The lowest BCUT2D eigenvalue weighted by atomic mass is 9.97. The maximum Gasteiger partial charge on any atom is 0.260 e. The molecule has 0 saturated carbocycles. The minimum Gasteiger partial charge on any atom is -0.508 e. The molecule has 0 aliphatic heterocycles. The quantitative estimate of drug-likeness (QED) is 0.754. The number of phenols is 1. The van der Waals surface area contributed by atoms with Crippen molar-refractivity contribution in [1.82, 2.24) is 9.97 Å². The van der Waals surface area contributed by atoms with Gasteiger partial charge in [-0.15, -0.1) is 11.3 Å². The van der Waals surface area contributed by atoms with Crippen LogP contribution in [0.2, 0.25) is 0 Å². The Balaban J connectivity index is 1.74. The number of rotatable bonds is 2. The van der Waals surface area contributed by atoms with E-state index in [2.05, 4.69) is 9.97 Å². The van der Waals surface area contributed by atoms with E-state index in [0.717, 1.165) is 35.0 Å². The summed E-state index contributed by atoms with van der Waals surface area (Å²) in [5.41, 5.74) is 2.11. The summed E-state index contributed by atoms with van der Waals surface area (Å²) in [7, 11) is 0. The molecule has 5 heteroatoms. The first-order valence-corrected chi connectivity index (χ1v) is 8.54. The predicted octanol–water partition coefficient (Wildman–Crippen LogP) is 3.74. The van der Waals surface area contributed by atoms with Gasteiger partial charge in [0.25, 0.3) is 5.56 Å². The normalized spacial score (nSPS) is 14.4. The Bertz CT molecular complexity index is 952.